The SMILES string of the molecule is O=C(Nc1cccc2ccccc12)C1CCC(CNS(=O)(=O)c2ccccc2)CC1. The Balaban J connectivity index is 1.30. The molecule has 1 aliphatic rings. The summed E-state index contributed by atoms with van der Waals surface area (Å²) >= 11 is 0. The zero-order chi connectivity index (χ0) is 21.0. The molecule has 5 nitrogen and oxygen atoms in total. The number of rotatable bonds is 6. The van der Waals surface area contributed by atoms with Crippen LogP contribution < -0.4 is 10.0 Å². The standard InChI is InChI=1S/C24H26N2O3S/c27-24(26-23-12-6-8-19-7-4-5-11-22(19)23)20-15-13-18(14-16-20)17-25-30(28,29)21-9-2-1-3-10-21/h1-12,18,20,25H,13-17H2,(H,26,27). The second-order valence-electron chi connectivity index (χ2n) is 7.90. The van der Waals surface area contributed by atoms with Crippen molar-refractivity contribution in [2.75, 3.05) is 11.9 Å². The number of carbonyl (C=O) groups is 1. The van der Waals surface area contributed by atoms with Crippen molar-refractivity contribution in [3.05, 3.63) is 72.8 Å². The van der Waals surface area contributed by atoms with E-state index in [1.807, 2.05) is 42.5 Å². The van der Waals surface area contributed by atoms with Crippen LogP contribution >= 0.6 is 0 Å². The molecule has 3 aromatic rings. The molecule has 0 heterocycles. The van der Waals surface area contributed by atoms with Gasteiger partial charge in [0.15, 0.2) is 0 Å². The summed E-state index contributed by atoms with van der Waals surface area (Å²) in [6.07, 6.45) is 3.22. The third-order valence-corrected chi connectivity index (χ3v) is 7.32. The molecule has 1 saturated carbocycles. The third kappa shape index (κ3) is 4.71. The largest absolute Gasteiger partial charge is 0.325 e. The summed E-state index contributed by atoms with van der Waals surface area (Å²) < 4.78 is 27.5. The van der Waals surface area contributed by atoms with Gasteiger partial charge in [-0.3, -0.25) is 4.79 Å². The number of sulfonamides is 1. The second-order valence-corrected chi connectivity index (χ2v) is 9.67. The van der Waals surface area contributed by atoms with Crippen molar-refractivity contribution in [2.24, 2.45) is 11.8 Å². The van der Waals surface area contributed by atoms with Gasteiger partial charge in [-0.1, -0.05) is 54.6 Å². The fraction of sp³-hybridized carbons (Fsp3) is 0.292. The first-order chi connectivity index (χ1) is 14.5. The van der Waals surface area contributed by atoms with E-state index in [2.05, 4.69) is 10.0 Å². The molecule has 0 bridgehead atoms. The molecule has 3 aromatic carbocycles. The molecule has 0 atom stereocenters. The molecule has 1 aliphatic carbocycles. The van der Waals surface area contributed by atoms with Crippen molar-refractivity contribution in [3.8, 4) is 0 Å². The van der Waals surface area contributed by atoms with Crippen molar-refractivity contribution >= 4 is 32.4 Å². The van der Waals surface area contributed by atoms with Gasteiger partial charge in [-0.2, -0.15) is 0 Å². The molecule has 1 fully saturated rings. The summed E-state index contributed by atoms with van der Waals surface area (Å²) in [5, 5.41) is 5.24. The Kier molecular flexibility index (Phi) is 6.16. The van der Waals surface area contributed by atoms with Crippen molar-refractivity contribution in [3.63, 3.8) is 0 Å². The number of carbonyl (C=O) groups excluding carboxylic acids is 1. The maximum absolute atomic E-state index is 12.8. The molecule has 6 heteroatoms. The van der Waals surface area contributed by atoms with E-state index in [-0.39, 0.29) is 22.6 Å². The Labute approximate surface area is 177 Å². The zero-order valence-electron chi connectivity index (χ0n) is 16.8. The monoisotopic (exact) mass is 422 g/mol. The fourth-order valence-corrected chi connectivity index (χ4v) is 5.25. The summed E-state index contributed by atoms with van der Waals surface area (Å²) in [4.78, 5) is 13.1. The summed E-state index contributed by atoms with van der Waals surface area (Å²) in [7, 11) is -3.48. The molecule has 30 heavy (non-hydrogen) atoms. The first kappa shape index (κ1) is 20.6. The van der Waals surface area contributed by atoms with E-state index < -0.39 is 10.0 Å². The number of anilines is 1. The maximum atomic E-state index is 12.8. The highest BCUT2D eigenvalue weighted by molar-refractivity contribution is 7.89. The quantitative estimate of drug-likeness (QED) is 0.611. The van der Waals surface area contributed by atoms with Gasteiger partial charge in [-0.25, -0.2) is 13.1 Å². The molecule has 0 saturated heterocycles. The van der Waals surface area contributed by atoms with Crippen molar-refractivity contribution in [1.82, 2.24) is 4.72 Å². The summed E-state index contributed by atoms with van der Waals surface area (Å²) in [5.41, 5.74) is 0.843. The second kappa shape index (κ2) is 8.98. The van der Waals surface area contributed by atoms with Crippen LogP contribution in [0, 0.1) is 11.8 Å². The van der Waals surface area contributed by atoms with E-state index in [9.17, 15) is 13.2 Å². The Morgan fingerprint density at radius 2 is 1.50 bits per heavy atom. The van der Waals surface area contributed by atoms with Crippen LogP contribution in [0.25, 0.3) is 10.8 Å². The number of amides is 1. The van der Waals surface area contributed by atoms with Crippen LogP contribution in [0.15, 0.2) is 77.7 Å². The van der Waals surface area contributed by atoms with E-state index in [1.54, 1.807) is 30.3 Å². The number of hydrogen-bond acceptors (Lipinski definition) is 3. The van der Waals surface area contributed by atoms with Crippen LogP contribution in [0.4, 0.5) is 5.69 Å². The minimum Gasteiger partial charge on any atom is -0.325 e. The van der Waals surface area contributed by atoms with E-state index in [0.29, 0.717) is 6.54 Å². The van der Waals surface area contributed by atoms with Gasteiger partial charge in [-0.15, -0.1) is 0 Å². The molecule has 2 N–H and O–H groups in total. The fourth-order valence-electron chi connectivity index (χ4n) is 4.11. The number of nitrogens with one attached hydrogen (secondary N) is 2. The molecule has 0 aromatic heterocycles. The molecule has 0 unspecified atom stereocenters. The lowest BCUT2D eigenvalue weighted by Gasteiger charge is -2.28. The minimum absolute atomic E-state index is 0.0362. The van der Waals surface area contributed by atoms with Gasteiger partial charge in [0.25, 0.3) is 0 Å². The van der Waals surface area contributed by atoms with Gasteiger partial charge in [0.05, 0.1) is 4.90 Å². The lowest BCUT2D eigenvalue weighted by atomic mass is 9.81. The van der Waals surface area contributed by atoms with Crippen LogP contribution in [-0.2, 0) is 14.8 Å². The summed E-state index contributed by atoms with van der Waals surface area (Å²) in [6, 6.07) is 22.3. The third-order valence-electron chi connectivity index (χ3n) is 5.88. The van der Waals surface area contributed by atoms with E-state index in [4.69, 9.17) is 0 Å². The topological polar surface area (TPSA) is 75.3 Å². The van der Waals surface area contributed by atoms with Crippen LogP contribution in [0.3, 0.4) is 0 Å². The predicted molar refractivity (Wildman–Crippen MR) is 120 cm³/mol. The molecular weight excluding hydrogens is 396 g/mol. The molecule has 0 spiro atoms. The van der Waals surface area contributed by atoms with E-state index in [0.717, 1.165) is 42.1 Å². The number of fused-ring (bicyclic) bond motifs is 1. The van der Waals surface area contributed by atoms with Crippen LogP contribution in [0.1, 0.15) is 25.7 Å². The average molecular weight is 423 g/mol. The van der Waals surface area contributed by atoms with Gasteiger partial charge in [-0.05, 0) is 55.2 Å². The van der Waals surface area contributed by atoms with Gasteiger partial charge in [0.2, 0.25) is 15.9 Å². The van der Waals surface area contributed by atoms with E-state index >= 15 is 0 Å². The highest BCUT2D eigenvalue weighted by atomic mass is 32.2. The Morgan fingerprint density at radius 1 is 0.833 bits per heavy atom. The van der Waals surface area contributed by atoms with Crippen LogP contribution in [-0.4, -0.2) is 20.9 Å². The van der Waals surface area contributed by atoms with Gasteiger partial charge >= 0.3 is 0 Å². The lowest BCUT2D eigenvalue weighted by Crippen LogP contribution is -2.33. The number of hydrogen-bond donors (Lipinski definition) is 2. The Morgan fingerprint density at radius 3 is 2.27 bits per heavy atom. The molecule has 4 rings (SSSR count). The van der Waals surface area contributed by atoms with Gasteiger partial charge in [0, 0.05) is 23.5 Å². The summed E-state index contributed by atoms with van der Waals surface area (Å²) in [6.45, 7) is 0.412. The minimum atomic E-state index is -3.48. The molecular formula is C24H26N2O3S. The van der Waals surface area contributed by atoms with Crippen molar-refractivity contribution in [1.29, 1.82) is 0 Å². The average Bonchev–Trinajstić information content (AvgIpc) is 2.79. The first-order valence-corrected chi connectivity index (χ1v) is 11.8. The maximum Gasteiger partial charge on any atom is 0.240 e. The highest BCUT2D eigenvalue weighted by Crippen LogP contribution is 2.31. The molecule has 0 radical (unpaired) electrons. The Bertz CT molecular complexity index is 1120. The van der Waals surface area contributed by atoms with Gasteiger partial charge in [0.1, 0.15) is 0 Å². The van der Waals surface area contributed by atoms with Gasteiger partial charge < -0.3 is 5.32 Å². The highest BCUT2D eigenvalue weighted by Gasteiger charge is 2.27. The first-order valence-electron chi connectivity index (χ1n) is 10.4. The Hall–Kier alpha value is -2.70. The molecule has 0 aliphatic heterocycles. The molecule has 1 amide bonds. The zero-order valence-corrected chi connectivity index (χ0v) is 17.6. The normalized spacial score (nSPS) is 19.5. The van der Waals surface area contributed by atoms with Crippen LogP contribution in [0.5, 0.6) is 0 Å². The predicted octanol–water partition coefficient (Wildman–Crippen LogP) is 4.56. The smallest absolute Gasteiger partial charge is 0.240 e. The van der Waals surface area contributed by atoms with Crippen molar-refractivity contribution < 1.29 is 13.2 Å². The van der Waals surface area contributed by atoms with Crippen molar-refractivity contribution in [2.45, 2.75) is 30.6 Å². The number of benzene rings is 3. The lowest BCUT2D eigenvalue weighted by molar-refractivity contribution is -0.121. The molecule has 156 valence electrons. The summed E-state index contributed by atoms with van der Waals surface area (Å²) in [5.74, 6) is 0.269. The van der Waals surface area contributed by atoms with Crippen LogP contribution in [0.2, 0.25) is 0 Å². The van der Waals surface area contributed by atoms with E-state index in [1.165, 1.54) is 0 Å².